The number of furan rings is 1. The maximum absolute atomic E-state index is 6.27. The van der Waals surface area contributed by atoms with Crippen molar-refractivity contribution < 1.29 is 4.42 Å². The molecular weight excluding hydrogens is 526 g/mol. The van der Waals surface area contributed by atoms with E-state index in [2.05, 4.69) is 96.9 Å². The summed E-state index contributed by atoms with van der Waals surface area (Å²) in [6, 6.07) is 40.0. The van der Waals surface area contributed by atoms with E-state index in [0.717, 1.165) is 74.5 Å². The van der Waals surface area contributed by atoms with Crippen LogP contribution in [-0.4, -0.2) is 14.5 Å². The fraction of sp³-hybridized carbons (Fsp3) is 0.0769. The van der Waals surface area contributed by atoms with Crippen LogP contribution in [0.25, 0.3) is 72.0 Å². The summed E-state index contributed by atoms with van der Waals surface area (Å²) in [6.07, 6.45) is 3.78. The number of aryl methyl sites for hydroxylation is 2. The van der Waals surface area contributed by atoms with Crippen LogP contribution < -0.4 is 0 Å². The van der Waals surface area contributed by atoms with E-state index >= 15 is 0 Å². The molecule has 206 valence electrons. The Hall–Kier alpha value is -5.48. The number of rotatable bonds is 6. The molecule has 0 fully saturated rings. The molecule has 0 saturated heterocycles. The molecule has 3 heterocycles. The van der Waals surface area contributed by atoms with Crippen molar-refractivity contribution in [2.45, 2.75) is 19.8 Å². The minimum atomic E-state index is 0.855. The summed E-state index contributed by atoms with van der Waals surface area (Å²) in [5, 5.41) is 3.63. The SMILES string of the molecule is C=CCCc1c(C)oc2ccc3c(c4ccccc4n3-c3ccc4nc(-c5ccccc5)c(-c5ccccc5)nc4c3)c12. The summed E-state index contributed by atoms with van der Waals surface area (Å²) >= 11 is 0. The van der Waals surface area contributed by atoms with Crippen molar-refractivity contribution in [3.8, 4) is 28.2 Å². The highest BCUT2D eigenvalue weighted by atomic mass is 16.3. The van der Waals surface area contributed by atoms with E-state index in [0.29, 0.717) is 0 Å². The van der Waals surface area contributed by atoms with Gasteiger partial charge in [-0.3, -0.25) is 0 Å². The molecule has 0 aliphatic rings. The van der Waals surface area contributed by atoms with Crippen molar-refractivity contribution in [3.05, 3.63) is 139 Å². The van der Waals surface area contributed by atoms with Crippen molar-refractivity contribution in [1.29, 1.82) is 0 Å². The molecule has 0 saturated carbocycles. The molecule has 0 amide bonds. The van der Waals surface area contributed by atoms with Gasteiger partial charge in [0.2, 0.25) is 0 Å². The highest BCUT2D eigenvalue weighted by Gasteiger charge is 2.21. The first kappa shape index (κ1) is 25.2. The Morgan fingerprint density at radius 3 is 2.09 bits per heavy atom. The van der Waals surface area contributed by atoms with Crippen molar-refractivity contribution in [3.63, 3.8) is 0 Å². The van der Waals surface area contributed by atoms with E-state index in [-0.39, 0.29) is 0 Å². The highest BCUT2D eigenvalue weighted by molar-refractivity contribution is 6.21. The zero-order chi connectivity index (χ0) is 28.9. The second-order valence-electron chi connectivity index (χ2n) is 11.0. The van der Waals surface area contributed by atoms with Crippen LogP contribution in [-0.2, 0) is 6.42 Å². The molecule has 3 aromatic heterocycles. The Balaban J connectivity index is 1.40. The molecule has 5 aromatic carbocycles. The van der Waals surface area contributed by atoms with Crippen LogP contribution in [0.15, 0.2) is 132 Å². The lowest BCUT2D eigenvalue weighted by Gasteiger charge is -2.13. The number of allylic oxidation sites excluding steroid dienone is 1. The van der Waals surface area contributed by atoms with E-state index in [9.17, 15) is 0 Å². The number of hydrogen-bond acceptors (Lipinski definition) is 3. The first-order valence-corrected chi connectivity index (χ1v) is 14.7. The van der Waals surface area contributed by atoms with Gasteiger partial charge in [0.05, 0.1) is 33.5 Å². The van der Waals surface area contributed by atoms with Gasteiger partial charge in [0.1, 0.15) is 11.3 Å². The smallest absolute Gasteiger partial charge is 0.135 e. The summed E-state index contributed by atoms with van der Waals surface area (Å²) in [7, 11) is 0. The average molecular weight is 556 g/mol. The molecule has 0 atom stereocenters. The topological polar surface area (TPSA) is 43.9 Å². The Labute approximate surface area is 249 Å². The van der Waals surface area contributed by atoms with Crippen LogP contribution >= 0.6 is 0 Å². The lowest BCUT2D eigenvalue weighted by molar-refractivity contribution is 0.572. The van der Waals surface area contributed by atoms with Gasteiger partial charge in [-0.1, -0.05) is 84.9 Å². The van der Waals surface area contributed by atoms with Gasteiger partial charge in [-0.2, -0.15) is 0 Å². The molecule has 0 radical (unpaired) electrons. The number of para-hydroxylation sites is 1. The van der Waals surface area contributed by atoms with Crippen LogP contribution in [0.5, 0.6) is 0 Å². The third-order valence-corrected chi connectivity index (χ3v) is 8.39. The van der Waals surface area contributed by atoms with E-state index in [1.807, 2.05) is 42.5 Å². The van der Waals surface area contributed by atoms with Crippen molar-refractivity contribution in [1.82, 2.24) is 14.5 Å². The second kappa shape index (κ2) is 10.1. The molecule has 43 heavy (non-hydrogen) atoms. The quantitative estimate of drug-likeness (QED) is 0.192. The van der Waals surface area contributed by atoms with Crippen LogP contribution in [0.4, 0.5) is 0 Å². The maximum Gasteiger partial charge on any atom is 0.135 e. The Morgan fingerprint density at radius 1 is 0.698 bits per heavy atom. The summed E-state index contributed by atoms with van der Waals surface area (Å²) < 4.78 is 8.61. The minimum absolute atomic E-state index is 0.855. The van der Waals surface area contributed by atoms with Gasteiger partial charge in [0, 0.05) is 38.5 Å². The molecule has 8 rings (SSSR count). The van der Waals surface area contributed by atoms with Gasteiger partial charge in [-0.25, -0.2) is 9.97 Å². The fourth-order valence-electron chi connectivity index (χ4n) is 6.43. The van der Waals surface area contributed by atoms with Crippen LogP contribution in [0.3, 0.4) is 0 Å². The highest BCUT2D eigenvalue weighted by Crippen LogP contribution is 2.41. The van der Waals surface area contributed by atoms with Gasteiger partial charge in [-0.15, -0.1) is 6.58 Å². The molecular formula is C39H29N3O. The lowest BCUT2D eigenvalue weighted by Crippen LogP contribution is -1.98. The van der Waals surface area contributed by atoms with Crippen LogP contribution in [0.1, 0.15) is 17.7 Å². The largest absolute Gasteiger partial charge is 0.461 e. The molecule has 0 aliphatic carbocycles. The first-order chi connectivity index (χ1) is 21.2. The van der Waals surface area contributed by atoms with Gasteiger partial charge >= 0.3 is 0 Å². The Morgan fingerprint density at radius 2 is 1.37 bits per heavy atom. The standard InChI is InChI=1S/C39H29N3O/c1-3-4-17-29-25(2)43-35-23-22-34-36(37(29)35)30-18-11-12-19-33(30)42(34)28-20-21-31-32(24-28)41-39(27-15-9-6-10-16-27)38(40-31)26-13-7-5-8-14-26/h3,5-16,18-24H,1,4,17H2,2H3. The fourth-order valence-corrected chi connectivity index (χ4v) is 6.43. The average Bonchev–Trinajstić information content (AvgIpc) is 3.57. The molecule has 4 nitrogen and oxygen atoms in total. The van der Waals surface area contributed by atoms with Gasteiger partial charge < -0.3 is 8.98 Å². The molecule has 0 aliphatic heterocycles. The maximum atomic E-state index is 6.27. The van der Waals surface area contributed by atoms with Crippen molar-refractivity contribution >= 4 is 43.8 Å². The van der Waals surface area contributed by atoms with Gasteiger partial charge in [0.25, 0.3) is 0 Å². The van der Waals surface area contributed by atoms with E-state index in [4.69, 9.17) is 14.4 Å². The molecule has 0 N–H and O–H groups in total. The minimum Gasteiger partial charge on any atom is -0.461 e. The first-order valence-electron chi connectivity index (χ1n) is 14.7. The monoisotopic (exact) mass is 555 g/mol. The van der Waals surface area contributed by atoms with Crippen LogP contribution in [0.2, 0.25) is 0 Å². The third-order valence-electron chi connectivity index (χ3n) is 8.39. The molecule has 0 bridgehead atoms. The number of nitrogens with zero attached hydrogens (tertiary/aromatic N) is 3. The van der Waals surface area contributed by atoms with Crippen LogP contribution in [0, 0.1) is 6.92 Å². The number of fused-ring (bicyclic) bond motifs is 6. The number of benzene rings is 5. The molecule has 0 spiro atoms. The third kappa shape index (κ3) is 4.06. The molecule has 4 heteroatoms. The summed E-state index contributed by atoms with van der Waals surface area (Å²) in [5.74, 6) is 0.977. The predicted octanol–water partition coefficient (Wildman–Crippen LogP) is 10.2. The second-order valence-corrected chi connectivity index (χ2v) is 11.0. The molecule has 0 unspecified atom stereocenters. The Kier molecular flexibility index (Phi) is 5.93. The Bertz CT molecular complexity index is 2310. The zero-order valence-corrected chi connectivity index (χ0v) is 23.9. The zero-order valence-electron chi connectivity index (χ0n) is 23.9. The summed E-state index contributed by atoms with van der Waals surface area (Å²) in [4.78, 5) is 10.4. The van der Waals surface area contributed by atoms with Gasteiger partial charge in [0.15, 0.2) is 0 Å². The van der Waals surface area contributed by atoms with E-state index in [1.165, 1.54) is 21.7 Å². The molecule has 8 aromatic rings. The van der Waals surface area contributed by atoms with E-state index < -0.39 is 0 Å². The number of aromatic nitrogens is 3. The number of hydrogen-bond donors (Lipinski definition) is 0. The predicted molar refractivity (Wildman–Crippen MR) is 178 cm³/mol. The van der Waals surface area contributed by atoms with E-state index in [1.54, 1.807) is 0 Å². The normalized spacial score (nSPS) is 11.7. The summed E-state index contributed by atoms with van der Waals surface area (Å²) in [6.45, 7) is 6.02. The van der Waals surface area contributed by atoms with Crippen molar-refractivity contribution in [2.75, 3.05) is 0 Å². The summed E-state index contributed by atoms with van der Waals surface area (Å²) in [5.41, 5.74) is 11.1. The van der Waals surface area contributed by atoms with Crippen molar-refractivity contribution in [2.24, 2.45) is 0 Å². The lowest BCUT2D eigenvalue weighted by atomic mass is 10.0. The van der Waals surface area contributed by atoms with Gasteiger partial charge in [-0.05, 0) is 56.2 Å².